The fourth-order valence-corrected chi connectivity index (χ4v) is 1.55. The van der Waals surface area contributed by atoms with E-state index >= 15 is 0 Å². The van der Waals surface area contributed by atoms with E-state index in [0.717, 1.165) is 0 Å². The highest BCUT2D eigenvalue weighted by molar-refractivity contribution is 5.80. The lowest BCUT2D eigenvalue weighted by Crippen LogP contribution is -2.33. The van der Waals surface area contributed by atoms with E-state index in [-0.39, 0.29) is 46.2 Å². The van der Waals surface area contributed by atoms with Crippen molar-refractivity contribution in [3.05, 3.63) is 0 Å². The summed E-state index contributed by atoms with van der Waals surface area (Å²) in [7, 11) is 0. The zero-order valence-electron chi connectivity index (χ0n) is 16.9. The first-order valence-electron chi connectivity index (χ1n) is 9.26. The number of ether oxygens (including phenoxy) is 3. The first-order chi connectivity index (χ1) is 12.5. The third kappa shape index (κ3) is 18.8. The van der Waals surface area contributed by atoms with Gasteiger partial charge in [0.2, 0.25) is 11.8 Å². The second-order valence-electron chi connectivity index (χ2n) is 5.37. The lowest BCUT2D eigenvalue weighted by atomic mass is 10.1. The molecule has 0 heterocycles. The Morgan fingerprint density at radius 2 is 1.35 bits per heavy atom. The van der Waals surface area contributed by atoms with Crippen molar-refractivity contribution in [1.82, 2.24) is 10.6 Å². The average Bonchev–Trinajstić information content (AvgIpc) is 2.63. The Balaban J connectivity index is -0.000000695. The predicted molar refractivity (Wildman–Crippen MR) is 104 cm³/mol. The van der Waals surface area contributed by atoms with E-state index in [2.05, 4.69) is 10.6 Å². The van der Waals surface area contributed by atoms with Crippen LogP contribution in [0.3, 0.4) is 0 Å². The molecule has 0 bridgehead atoms. The molecule has 8 nitrogen and oxygen atoms in total. The number of hydrogen-bond acceptors (Lipinski definition) is 6. The maximum atomic E-state index is 11.5. The molecule has 0 radical (unpaired) electrons. The van der Waals surface area contributed by atoms with Crippen molar-refractivity contribution >= 4 is 17.6 Å². The van der Waals surface area contributed by atoms with Gasteiger partial charge in [0, 0.05) is 34.9 Å². The number of hydrogen-bond donors (Lipinski definition) is 2. The van der Waals surface area contributed by atoms with Gasteiger partial charge in [-0.15, -0.1) is 0 Å². The molecular weight excluding hydrogens is 340 g/mol. The van der Waals surface area contributed by atoms with Crippen molar-refractivity contribution in [3.8, 4) is 0 Å². The maximum Gasteiger partial charge on any atom is 0.246 e. The quantitative estimate of drug-likeness (QED) is 0.417. The third-order valence-electron chi connectivity index (χ3n) is 2.94. The van der Waals surface area contributed by atoms with Crippen molar-refractivity contribution in [2.75, 3.05) is 52.7 Å². The van der Waals surface area contributed by atoms with Gasteiger partial charge in [0.15, 0.2) is 0 Å². The van der Waals surface area contributed by atoms with Gasteiger partial charge in [-0.3, -0.25) is 14.4 Å². The Labute approximate surface area is 160 Å². The molecule has 0 aliphatic carbocycles. The van der Waals surface area contributed by atoms with Gasteiger partial charge in [-0.2, -0.15) is 0 Å². The number of amides is 2. The largest absolute Gasteiger partial charge is 0.379 e. The van der Waals surface area contributed by atoms with Crippen LogP contribution in [0, 0.1) is 5.92 Å². The zero-order valence-corrected chi connectivity index (χ0v) is 16.9. The van der Waals surface area contributed by atoms with Crippen molar-refractivity contribution in [2.24, 2.45) is 5.92 Å². The van der Waals surface area contributed by atoms with Crippen molar-refractivity contribution in [2.45, 2.75) is 41.0 Å². The van der Waals surface area contributed by atoms with Crippen LogP contribution >= 0.6 is 0 Å². The van der Waals surface area contributed by atoms with Gasteiger partial charge in [-0.05, 0) is 6.92 Å². The summed E-state index contributed by atoms with van der Waals surface area (Å²) in [6.07, 6.45) is 0.393. The maximum absolute atomic E-state index is 11.5. The molecule has 0 aromatic heterocycles. The Kier molecular flexibility index (Phi) is 20.4. The molecule has 0 aromatic carbocycles. The highest BCUT2D eigenvalue weighted by atomic mass is 16.5. The molecule has 158 valence electrons. The number of carbonyl (C=O) groups excluding carboxylic acids is 3. The Morgan fingerprint density at radius 3 is 1.85 bits per heavy atom. The standard InChI is InChI=1S/C16H30N2O6.C2H6.2H2/c1-4-22-11-15(20)18-7-10-24-12-16(21)17-6-9-23-8-5-14(19)13(2)3;1-2;;/h13H,4-12H2,1-3H3,(H,17,21)(H,18,20);1-2H3;2*1H. The number of rotatable bonds is 15. The van der Waals surface area contributed by atoms with E-state index in [9.17, 15) is 14.4 Å². The summed E-state index contributed by atoms with van der Waals surface area (Å²) < 4.78 is 15.3. The zero-order chi connectivity index (χ0) is 20.2. The lowest BCUT2D eigenvalue weighted by molar-refractivity contribution is -0.127. The van der Waals surface area contributed by atoms with E-state index in [1.807, 2.05) is 34.6 Å². The third-order valence-corrected chi connectivity index (χ3v) is 2.94. The molecule has 0 unspecified atom stereocenters. The molecule has 26 heavy (non-hydrogen) atoms. The fourth-order valence-electron chi connectivity index (χ4n) is 1.55. The fraction of sp³-hybridized carbons (Fsp3) is 0.833. The molecule has 0 aliphatic rings. The number of ketones is 1. The van der Waals surface area contributed by atoms with Crippen molar-refractivity contribution in [3.63, 3.8) is 0 Å². The van der Waals surface area contributed by atoms with Crippen LogP contribution in [0.15, 0.2) is 0 Å². The molecule has 2 N–H and O–H groups in total. The minimum atomic E-state index is -0.252. The molecule has 0 rings (SSSR count). The topological polar surface area (TPSA) is 103 Å². The Hall–Kier alpha value is -1.51. The van der Waals surface area contributed by atoms with Gasteiger partial charge in [0.05, 0.1) is 19.8 Å². The van der Waals surface area contributed by atoms with Crippen LogP contribution in [0.25, 0.3) is 0 Å². The van der Waals surface area contributed by atoms with Crippen molar-refractivity contribution in [1.29, 1.82) is 0 Å². The summed E-state index contributed by atoms with van der Waals surface area (Å²) in [5.41, 5.74) is 0. The summed E-state index contributed by atoms with van der Waals surface area (Å²) in [6.45, 7) is 11.6. The lowest BCUT2D eigenvalue weighted by Gasteiger charge is -2.08. The van der Waals surface area contributed by atoms with Crippen LogP contribution in [-0.2, 0) is 28.6 Å². The van der Waals surface area contributed by atoms with Gasteiger partial charge in [0.25, 0.3) is 0 Å². The molecular formula is C18H40N2O6. The molecule has 0 atom stereocenters. The molecule has 0 fully saturated rings. The van der Waals surface area contributed by atoms with Crippen LogP contribution in [0.5, 0.6) is 0 Å². The highest BCUT2D eigenvalue weighted by Crippen LogP contribution is 1.98. The van der Waals surface area contributed by atoms with Crippen LogP contribution in [0.4, 0.5) is 0 Å². The van der Waals surface area contributed by atoms with Gasteiger partial charge in [-0.1, -0.05) is 27.7 Å². The summed E-state index contributed by atoms with van der Waals surface area (Å²) in [4.78, 5) is 34.0. The summed E-state index contributed by atoms with van der Waals surface area (Å²) in [6, 6.07) is 0. The van der Waals surface area contributed by atoms with Crippen LogP contribution in [0.1, 0.15) is 43.9 Å². The molecule has 0 saturated heterocycles. The predicted octanol–water partition coefficient (Wildman–Crippen LogP) is 1.42. The van der Waals surface area contributed by atoms with Gasteiger partial charge in [0.1, 0.15) is 19.0 Å². The minimum absolute atomic E-state index is 0. The number of carbonyl (C=O) groups is 3. The Morgan fingerprint density at radius 1 is 0.846 bits per heavy atom. The van der Waals surface area contributed by atoms with E-state index in [1.165, 1.54) is 0 Å². The van der Waals surface area contributed by atoms with Gasteiger partial charge in [-0.25, -0.2) is 0 Å². The second kappa shape index (κ2) is 19.8. The average molecular weight is 381 g/mol. The van der Waals surface area contributed by atoms with Crippen LogP contribution in [-0.4, -0.2) is 70.3 Å². The highest BCUT2D eigenvalue weighted by Gasteiger charge is 2.06. The summed E-state index contributed by atoms with van der Waals surface area (Å²) in [5.74, 6) is -0.273. The molecule has 0 spiro atoms. The van der Waals surface area contributed by atoms with Crippen LogP contribution in [0.2, 0.25) is 0 Å². The smallest absolute Gasteiger partial charge is 0.246 e. The van der Waals surface area contributed by atoms with Crippen molar-refractivity contribution < 1.29 is 31.4 Å². The normalized spacial score (nSPS) is 10.1. The SMILES string of the molecule is CC.CCOCC(=O)NCCOCC(=O)NCCOCCC(=O)C(C)C.[HH].[HH]. The molecule has 8 heteroatoms. The molecule has 0 aliphatic heterocycles. The monoisotopic (exact) mass is 380 g/mol. The first-order valence-corrected chi connectivity index (χ1v) is 9.26. The molecule has 0 aromatic rings. The van der Waals surface area contributed by atoms with Crippen LogP contribution < -0.4 is 10.6 Å². The Bertz CT molecular complexity index is 385. The van der Waals surface area contributed by atoms with E-state index in [0.29, 0.717) is 39.3 Å². The van der Waals surface area contributed by atoms with E-state index < -0.39 is 0 Å². The van der Waals surface area contributed by atoms with Gasteiger partial charge < -0.3 is 24.8 Å². The molecule has 0 saturated carbocycles. The second-order valence-corrected chi connectivity index (χ2v) is 5.37. The first kappa shape index (κ1) is 26.7. The molecule has 2 amide bonds. The van der Waals surface area contributed by atoms with E-state index in [1.54, 1.807) is 0 Å². The summed E-state index contributed by atoms with van der Waals surface area (Å²) in [5, 5.41) is 5.25. The number of Topliss-reactive ketones (excluding diaryl/α,β-unsaturated/α-hetero) is 1. The number of nitrogens with one attached hydrogen (secondary N) is 2. The summed E-state index contributed by atoms with van der Waals surface area (Å²) >= 11 is 0. The van der Waals surface area contributed by atoms with Gasteiger partial charge >= 0.3 is 0 Å². The van der Waals surface area contributed by atoms with E-state index in [4.69, 9.17) is 14.2 Å². The minimum Gasteiger partial charge on any atom is -0.379 e.